The lowest BCUT2D eigenvalue weighted by Gasteiger charge is -2.10. The van der Waals surface area contributed by atoms with Crippen LogP contribution in [0.5, 0.6) is 0 Å². The van der Waals surface area contributed by atoms with Gasteiger partial charge in [0.25, 0.3) is 0 Å². The number of halogens is 4. The van der Waals surface area contributed by atoms with Crippen LogP contribution in [0.3, 0.4) is 0 Å². The Morgan fingerprint density at radius 1 is 1.00 bits per heavy atom. The van der Waals surface area contributed by atoms with Crippen LogP contribution in [0.15, 0.2) is 77.3 Å². The Bertz CT molecular complexity index is 1720. The summed E-state index contributed by atoms with van der Waals surface area (Å²) in [6.07, 6.45) is -0.777. The monoisotopic (exact) mass is 576 g/mol. The number of hydrogen-bond acceptors (Lipinski definition) is 7. The fourth-order valence-corrected chi connectivity index (χ4v) is 5.63. The van der Waals surface area contributed by atoms with E-state index in [2.05, 4.69) is 25.0 Å². The molecule has 2 aromatic carbocycles. The number of nitrogens with zero attached hydrogens (tertiary/aromatic N) is 4. The van der Waals surface area contributed by atoms with E-state index < -0.39 is 21.8 Å². The smallest absolute Gasteiger partial charge is 0.354 e. The second-order valence-corrected chi connectivity index (χ2v) is 11.0. The summed E-state index contributed by atoms with van der Waals surface area (Å²) in [6, 6.07) is 11.2. The zero-order valence-corrected chi connectivity index (χ0v) is 21.6. The average molecular weight is 577 g/mol. The van der Waals surface area contributed by atoms with Crippen molar-refractivity contribution >= 4 is 32.3 Å². The molecule has 0 saturated heterocycles. The van der Waals surface area contributed by atoms with Crippen molar-refractivity contribution in [2.75, 3.05) is 18.4 Å². The number of nitrogens with one attached hydrogen (secondary N) is 2. The summed E-state index contributed by atoms with van der Waals surface area (Å²) < 4.78 is 81.1. The highest BCUT2D eigenvalue weighted by Crippen LogP contribution is 2.34. The third-order valence-corrected chi connectivity index (χ3v) is 7.91. The second-order valence-electron chi connectivity index (χ2n) is 8.34. The van der Waals surface area contributed by atoms with Gasteiger partial charge in [0.15, 0.2) is 4.96 Å². The molecular formula is C25H20F4N6O2S2. The first-order valence-electron chi connectivity index (χ1n) is 11.6. The van der Waals surface area contributed by atoms with Crippen molar-refractivity contribution in [2.45, 2.75) is 17.5 Å². The zero-order chi connectivity index (χ0) is 27.6. The predicted molar refractivity (Wildman–Crippen MR) is 139 cm³/mol. The lowest BCUT2D eigenvalue weighted by molar-refractivity contribution is -0.137. The van der Waals surface area contributed by atoms with Crippen LogP contribution in [0.2, 0.25) is 0 Å². The van der Waals surface area contributed by atoms with E-state index in [1.165, 1.54) is 23.5 Å². The van der Waals surface area contributed by atoms with Crippen LogP contribution in [-0.4, -0.2) is 40.9 Å². The van der Waals surface area contributed by atoms with Gasteiger partial charge in [-0.2, -0.15) is 13.2 Å². The number of fused-ring (bicyclic) bond motifs is 1. The van der Waals surface area contributed by atoms with E-state index in [1.54, 1.807) is 24.4 Å². The highest BCUT2D eigenvalue weighted by molar-refractivity contribution is 7.89. The summed E-state index contributed by atoms with van der Waals surface area (Å²) in [4.78, 5) is 13.9. The number of thiazole rings is 1. The van der Waals surface area contributed by atoms with Crippen LogP contribution in [-0.2, 0) is 16.2 Å². The molecule has 3 aromatic heterocycles. The molecule has 0 atom stereocenters. The number of aromatic nitrogens is 4. The lowest BCUT2D eigenvalue weighted by Crippen LogP contribution is -2.26. The molecule has 0 unspecified atom stereocenters. The summed E-state index contributed by atoms with van der Waals surface area (Å²) in [7, 11) is -3.97. The summed E-state index contributed by atoms with van der Waals surface area (Å²) in [5.41, 5.74) is 1.48. The van der Waals surface area contributed by atoms with Gasteiger partial charge >= 0.3 is 6.18 Å². The largest absolute Gasteiger partial charge is 0.416 e. The maximum Gasteiger partial charge on any atom is 0.416 e. The molecule has 0 aliphatic rings. The van der Waals surface area contributed by atoms with Crippen LogP contribution in [0.25, 0.3) is 27.6 Å². The van der Waals surface area contributed by atoms with E-state index in [0.717, 1.165) is 29.2 Å². The molecule has 0 aliphatic carbocycles. The Morgan fingerprint density at radius 3 is 2.54 bits per heavy atom. The van der Waals surface area contributed by atoms with Crippen molar-refractivity contribution in [1.29, 1.82) is 0 Å². The van der Waals surface area contributed by atoms with Crippen molar-refractivity contribution in [3.63, 3.8) is 0 Å². The van der Waals surface area contributed by atoms with Gasteiger partial charge in [-0.3, -0.25) is 4.40 Å². The van der Waals surface area contributed by atoms with Crippen LogP contribution < -0.4 is 10.0 Å². The summed E-state index contributed by atoms with van der Waals surface area (Å²) in [6.45, 7) is 0.355. The molecule has 0 radical (unpaired) electrons. The zero-order valence-electron chi connectivity index (χ0n) is 20.0. The van der Waals surface area contributed by atoms with Gasteiger partial charge in [-0.1, -0.05) is 12.1 Å². The summed E-state index contributed by atoms with van der Waals surface area (Å²) in [5, 5.41) is 4.92. The average Bonchev–Trinajstić information content (AvgIpc) is 3.50. The first kappa shape index (κ1) is 26.7. The maximum atomic E-state index is 13.9. The third-order valence-electron chi connectivity index (χ3n) is 5.68. The molecule has 8 nitrogen and oxygen atoms in total. The number of benzene rings is 2. The van der Waals surface area contributed by atoms with Gasteiger partial charge in [-0.05, 0) is 48.9 Å². The van der Waals surface area contributed by atoms with Gasteiger partial charge in [0, 0.05) is 36.4 Å². The van der Waals surface area contributed by atoms with E-state index in [0.29, 0.717) is 41.6 Å². The lowest BCUT2D eigenvalue weighted by atomic mass is 10.1. The molecule has 2 N–H and O–H groups in total. The van der Waals surface area contributed by atoms with Crippen LogP contribution in [0.1, 0.15) is 12.0 Å². The van der Waals surface area contributed by atoms with Gasteiger partial charge in [0.1, 0.15) is 11.5 Å². The molecule has 5 rings (SSSR count). The molecule has 202 valence electrons. The molecule has 39 heavy (non-hydrogen) atoms. The Morgan fingerprint density at radius 2 is 1.79 bits per heavy atom. The molecule has 0 amide bonds. The normalized spacial score (nSPS) is 12.2. The predicted octanol–water partition coefficient (Wildman–Crippen LogP) is 5.46. The molecule has 0 saturated carbocycles. The fraction of sp³-hybridized carbons (Fsp3) is 0.160. The van der Waals surface area contributed by atoms with Crippen molar-refractivity contribution < 1.29 is 26.0 Å². The third kappa shape index (κ3) is 5.92. The molecular weight excluding hydrogens is 556 g/mol. The Kier molecular flexibility index (Phi) is 7.34. The molecule has 14 heteroatoms. The van der Waals surface area contributed by atoms with Crippen molar-refractivity contribution in [2.24, 2.45) is 0 Å². The first-order chi connectivity index (χ1) is 18.6. The van der Waals surface area contributed by atoms with Gasteiger partial charge in [-0.15, -0.1) is 11.3 Å². The van der Waals surface area contributed by atoms with Crippen LogP contribution in [0, 0.1) is 5.82 Å². The first-order valence-corrected chi connectivity index (χ1v) is 13.9. The summed E-state index contributed by atoms with van der Waals surface area (Å²) in [5.74, 6) is -0.0812. The van der Waals surface area contributed by atoms with Gasteiger partial charge in [0.2, 0.25) is 16.0 Å². The number of rotatable bonds is 9. The minimum absolute atomic E-state index is 0.0396. The van der Waals surface area contributed by atoms with Crippen LogP contribution in [0.4, 0.5) is 23.5 Å². The minimum atomic E-state index is -4.55. The minimum Gasteiger partial charge on any atom is -0.354 e. The summed E-state index contributed by atoms with van der Waals surface area (Å²) >= 11 is 1.43. The number of imidazole rings is 1. The van der Waals surface area contributed by atoms with E-state index >= 15 is 0 Å². The molecule has 0 spiro atoms. The van der Waals surface area contributed by atoms with Gasteiger partial charge in [-0.25, -0.2) is 32.5 Å². The second kappa shape index (κ2) is 10.7. The van der Waals surface area contributed by atoms with Crippen molar-refractivity contribution in [3.05, 3.63) is 83.8 Å². The van der Waals surface area contributed by atoms with Crippen molar-refractivity contribution in [3.8, 4) is 22.6 Å². The molecule has 5 aromatic rings. The van der Waals surface area contributed by atoms with Crippen molar-refractivity contribution in [1.82, 2.24) is 24.1 Å². The number of alkyl halides is 3. The fourth-order valence-electron chi connectivity index (χ4n) is 3.84. The Labute approximate surface area is 224 Å². The van der Waals surface area contributed by atoms with E-state index in [4.69, 9.17) is 0 Å². The SMILES string of the molecule is O=S(=O)(NCCCNc1nccc(-c2c(-c3cccc(F)c3)nc3sccn23)n1)c1ccc(C(F)(F)F)cc1. The van der Waals surface area contributed by atoms with E-state index in [9.17, 15) is 26.0 Å². The van der Waals surface area contributed by atoms with Gasteiger partial charge in [0.05, 0.1) is 21.8 Å². The number of anilines is 1. The van der Waals surface area contributed by atoms with Crippen LogP contribution >= 0.6 is 11.3 Å². The van der Waals surface area contributed by atoms with Gasteiger partial charge < -0.3 is 5.32 Å². The molecule has 0 aliphatic heterocycles. The maximum absolute atomic E-state index is 13.9. The quantitative estimate of drug-likeness (QED) is 0.179. The highest BCUT2D eigenvalue weighted by Gasteiger charge is 2.30. The number of hydrogen-bond donors (Lipinski definition) is 2. The topological polar surface area (TPSA) is 101 Å². The Balaban J connectivity index is 1.24. The molecule has 3 heterocycles. The standard InChI is InChI=1S/C25H20F4N6O2S2/c26-18-4-1-3-16(15-18)21-22(35-13-14-38-24(35)34-21)20-9-12-31-23(33-20)30-10-2-11-32-39(36,37)19-7-5-17(6-8-19)25(27,28)29/h1,3-9,12-15,32H,2,10-11H2,(H,30,31,33). The van der Waals surface area contributed by atoms with E-state index in [1.807, 2.05) is 16.0 Å². The van der Waals surface area contributed by atoms with E-state index in [-0.39, 0.29) is 17.3 Å². The highest BCUT2D eigenvalue weighted by atomic mass is 32.2. The number of sulfonamides is 1. The Hall–Kier alpha value is -3.88. The molecule has 0 fully saturated rings. The molecule has 0 bridgehead atoms.